The lowest BCUT2D eigenvalue weighted by Crippen LogP contribution is -2.49. The minimum Gasteiger partial charge on any atom is -0.492 e. The van der Waals surface area contributed by atoms with E-state index in [0.717, 1.165) is 56.3 Å². The molecule has 1 aromatic carbocycles. The van der Waals surface area contributed by atoms with Crippen LogP contribution in [0.4, 0.5) is 0 Å². The zero-order valence-corrected chi connectivity index (χ0v) is 18.4. The Balaban J connectivity index is 1.93. The van der Waals surface area contributed by atoms with Gasteiger partial charge in [0, 0.05) is 43.8 Å². The van der Waals surface area contributed by atoms with Crippen molar-refractivity contribution in [2.24, 2.45) is 4.99 Å². The fourth-order valence-corrected chi connectivity index (χ4v) is 3.35. The van der Waals surface area contributed by atoms with Crippen molar-refractivity contribution < 1.29 is 4.74 Å². The van der Waals surface area contributed by atoms with Crippen molar-refractivity contribution in [3.05, 3.63) is 29.8 Å². The Hall–Kier alpha value is -1.79. The van der Waals surface area contributed by atoms with E-state index in [1.807, 2.05) is 18.2 Å². The predicted octanol–water partition coefficient (Wildman–Crippen LogP) is 2.55. The first-order valence-electron chi connectivity index (χ1n) is 10.6. The fraction of sp³-hybridized carbons (Fsp3) is 0.682. The highest BCUT2D eigenvalue weighted by atomic mass is 16.5. The number of benzene rings is 1. The first-order chi connectivity index (χ1) is 13.5. The molecule has 28 heavy (non-hydrogen) atoms. The second-order valence-electron chi connectivity index (χ2n) is 8.00. The van der Waals surface area contributed by atoms with Crippen LogP contribution in [-0.2, 0) is 6.54 Å². The van der Waals surface area contributed by atoms with Gasteiger partial charge in [0.1, 0.15) is 12.4 Å². The van der Waals surface area contributed by atoms with Gasteiger partial charge in [-0.3, -0.25) is 0 Å². The second kappa shape index (κ2) is 11.9. The minimum atomic E-state index is 0.486. The van der Waals surface area contributed by atoms with Crippen molar-refractivity contribution in [1.29, 1.82) is 0 Å². The summed E-state index contributed by atoms with van der Waals surface area (Å²) in [4.78, 5) is 9.49. The number of nitrogens with one attached hydrogen (secondary N) is 2. The molecular formula is C22H39N5O. The topological polar surface area (TPSA) is 52.1 Å². The molecule has 1 aromatic rings. The Kier molecular flexibility index (Phi) is 9.58. The average molecular weight is 390 g/mol. The minimum absolute atomic E-state index is 0.486. The molecule has 0 amide bonds. The molecule has 0 aromatic heterocycles. The van der Waals surface area contributed by atoms with Gasteiger partial charge in [-0.25, -0.2) is 4.99 Å². The van der Waals surface area contributed by atoms with Crippen LogP contribution in [0.3, 0.4) is 0 Å². The van der Waals surface area contributed by atoms with E-state index >= 15 is 0 Å². The second-order valence-corrected chi connectivity index (χ2v) is 8.00. The Bertz CT molecular complexity index is 594. The molecule has 0 spiro atoms. The predicted molar refractivity (Wildman–Crippen MR) is 118 cm³/mol. The summed E-state index contributed by atoms with van der Waals surface area (Å²) in [5, 5.41) is 7.02. The zero-order valence-electron chi connectivity index (χ0n) is 18.4. The van der Waals surface area contributed by atoms with Gasteiger partial charge in [-0.1, -0.05) is 18.2 Å². The number of para-hydroxylation sites is 1. The molecule has 1 fully saturated rings. The van der Waals surface area contributed by atoms with Crippen LogP contribution in [0, 0.1) is 0 Å². The van der Waals surface area contributed by atoms with E-state index in [1.165, 1.54) is 0 Å². The van der Waals surface area contributed by atoms with Crippen LogP contribution >= 0.6 is 0 Å². The number of nitrogens with zero attached hydrogens (tertiary/aromatic N) is 3. The van der Waals surface area contributed by atoms with Crippen molar-refractivity contribution in [3.63, 3.8) is 0 Å². The summed E-state index contributed by atoms with van der Waals surface area (Å²) >= 11 is 0. The lowest BCUT2D eigenvalue weighted by molar-refractivity contribution is 0.167. The zero-order chi connectivity index (χ0) is 20.4. The van der Waals surface area contributed by atoms with Gasteiger partial charge < -0.3 is 25.2 Å². The number of likely N-dealkylation sites (N-methyl/N-ethyl adjacent to an activating group) is 1. The summed E-state index contributed by atoms with van der Waals surface area (Å²) in [6.07, 6.45) is 2.32. The fourth-order valence-electron chi connectivity index (χ4n) is 3.35. The van der Waals surface area contributed by atoms with Crippen LogP contribution in [-0.4, -0.2) is 74.7 Å². The highest BCUT2D eigenvalue weighted by molar-refractivity contribution is 5.80. The van der Waals surface area contributed by atoms with E-state index in [4.69, 9.17) is 9.73 Å². The van der Waals surface area contributed by atoms with Crippen molar-refractivity contribution in [3.8, 4) is 5.75 Å². The van der Waals surface area contributed by atoms with Crippen LogP contribution in [0.2, 0.25) is 0 Å². The normalized spacial score (nSPS) is 16.6. The van der Waals surface area contributed by atoms with Gasteiger partial charge >= 0.3 is 0 Å². The standard InChI is InChI=1S/C22H39N5O/c1-6-23-22(25-20-11-13-27(14-12-20)18(2)3)24-17-19-9-7-8-10-21(19)28-16-15-26(4)5/h7-10,18,20H,6,11-17H2,1-5H3,(H2,23,24,25). The third-order valence-electron chi connectivity index (χ3n) is 5.12. The van der Waals surface area contributed by atoms with E-state index in [9.17, 15) is 0 Å². The first-order valence-corrected chi connectivity index (χ1v) is 10.6. The van der Waals surface area contributed by atoms with Gasteiger partial charge in [0.2, 0.25) is 0 Å². The number of likely N-dealkylation sites (tertiary alicyclic amines) is 1. The number of piperidine rings is 1. The van der Waals surface area contributed by atoms with E-state index in [0.29, 0.717) is 25.2 Å². The van der Waals surface area contributed by atoms with Gasteiger partial charge in [-0.2, -0.15) is 0 Å². The maximum Gasteiger partial charge on any atom is 0.191 e. The smallest absolute Gasteiger partial charge is 0.191 e. The average Bonchev–Trinajstić information content (AvgIpc) is 2.67. The molecule has 0 bridgehead atoms. The third-order valence-corrected chi connectivity index (χ3v) is 5.12. The largest absolute Gasteiger partial charge is 0.492 e. The molecule has 6 heteroatoms. The molecule has 0 radical (unpaired) electrons. The van der Waals surface area contributed by atoms with Gasteiger partial charge in [0.25, 0.3) is 0 Å². The molecule has 1 saturated heterocycles. The van der Waals surface area contributed by atoms with Gasteiger partial charge in [-0.15, -0.1) is 0 Å². The number of rotatable bonds is 9. The van der Waals surface area contributed by atoms with Crippen molar-refractivity contribution in [1.82, 2.24) is 20.4 Å². The van der Waals surface area contributed by atoms with Crippen LogP contribution in [0.25, 0.3) is 0 Å². The Labute approximate surface area is 171 Å². The van der Waals surface area contributed by atoms with Crippen LogP contribution in [0.5, 0.6) is 5.75 Å². The molecule has 0 saturated carbocycles. The van der Waals surface area contributed by atoms with Crippen LogP contribution < -0.4 is 15.4 Å². The molecule has 1 aliphatic rings. The van der Waals surface area contributed by atoms with Crippen molar-refractivity contribution >= 4 is 5.96 Å². The molecule has 2 rings (SSSR count). The summed E-state index contributed by atoms with van der Waals surface area (Å²) in [5.41, 5.74) is 1.12. The maximum atomic E-state index is 5.97. The van der Waals surface area contributed by atoms with Gasteiger partial charge in [-0.05, 0) is 53.8 Å². The van der Waals surface area contributed by atoms with E-state index in [1.54, 1.807) is 0 Å². The SMILES string of the molecule is CCNC(=NCc1ccccc1OCCN(C)C)NC1CCN(C(C)C)CC1. The molecule has 2 N–H and O–H groups in total. The molecule has 0 aliphatic carbocycles. The molecule has 0 atom stereocenters. The summed E-state index contributed by atoms with van der Waals surface area (Å²) in [7, 11) is 4.11. The Morgan fingerprint density at radius 3 is 2.61 bits per heavy atom. The number of guanidine groups is 1. The number of hydrogen-bond acceptors (Lipinski definition) is 4. The summed E-state index contributed by atoms with van der Waals surface area (Å²) in [6, 6.07) is 9.31. The maximum absolute atomic E-state index is 5.97. The highest BCUT2D eigenvalue weighted by Gasteiger charge is 2.21. The molecule has 0 unspecified atom stereocenters. The third kappa shape index (κ3) is 7.68. The Morgan fingerprint density at radius 1 is 1.25 bits per heavy atom. The van der Waals surface area contributed by atoms with Crippen molar-refractivity contribution in [2.75, 3.05) is 46.9 Å². The molecule has 158 valence electrons. The lowest BCUT2D eigenvalue weighted by Gasteiger charge is -2.35. The van der Waals surface area contributed by atoms with Crippen LogP contribution in [0.15, 0.2) is 29.3 Å². The Morgan fingerprint density at radius 2 is 1.96 bits per heavy atom. The van der Waals surface area contributed by atoms with Gasteiger partial charge in [0.15, 0.2) is 5.96 Å². The highest BCUT2D eigenvalue weighted by Crippen LogP contribution is 2.19. The number of hydrogen-bond donors (Lipinski definition) is 2. The van der Waals surface area contributed by atoms with E-state index < -0.39 is 0 Å². The summed E-state index contributed by atoms with van der Waals surface area (Å²) in [6.45, 7) is 12.0. The van der Waals surface area contributed by atoms with E-state index in [-0.39, 0.29) is 0 Å². The van der Waals surface area contributed by atoms with Crippen LogP contribution in [0.1, 0.15) is 39.2 Å². The molecule has 1 aliphatic heterocycles. The monoisotopic (exact) mass is 389 g/mol. The first kappa shape index (κ1) is 22.5. The summed E-state index contributed by atoms with van der Waals surface area (Å²) < 4.78 is 5.97. The van der Waals surface area contributed by atoms with Crippen molar-refractivity contribution in [2.45, 2.75) is 52.2 Å². The number of aliphatic imine (C=N–C) groups is 1. The quantitative estimate of drug-likeness (QED) is 0.502. The van der Waals surface area contributed by atoms with E-state index in [2.05, 4.69) is 61.4 Å². The van der Waals surface area contributed by atoms with Gasteiger partial charge in [0.05, 0.1) is 6.54 Å². The molecular weight excluding hydrogens is 350 g/mol. The lowest BCUT2D eigenvalue weighted by atomic mass is 10.0. The summed E-state index contributed by atoms with van der Waals surface area (Å²) in [5.74, 6) is 1.82. The number of ether oxygens (including phenoxy) is 1. The molecule has 6 nitrogen and oxygen atoms in total. The molecule has 1 heterocycles.